The van der Waals surface area contributed by atoms with Gasteiger partial charge in [0, 0.05) is 16.8 Å². The molecule has 1 heterocycles. The molecule has 0 saturated carbocycles. The standard InChI is InChI=1S/C25H19N3O/c1-17-22(15-24(29)28-20-11-7-8-18(14-20)16-26)25(19-9-3-2-4-10-19)21-12-5-6-13-23(21)27-17/h2-14H,15H2,1H3,(H,28,29). The second-order valence-corrected chi connectivity index (χ2v) is 6.85. The van der Waals surface area contributed by atoms with Crippen LogP contribution in [-0.4, -0.2) is 10.9 Å². The first-order chi connectivity index (χ1) is 14.2. The van der Waals surface area contributed by atoms with Gasteiger partial charge in [-0.05, 0) is 47.9 Å². The molecule has 0 fully saturated rings. The number of hydrogen-bond acceptors (Lipinski definition) is 3. The summed E-state index contributed by atoms with van der Waals surface area (Å²) in [6, 6.07) is 27.1. The van der Waals surface area contributed by atoms with Crippen molar-refractivity contribution >= 4 is 22.5 Å². The molecule has 0 atom stereocenters. The van der Waals surface area contributed by atoms with Crippen molar-refractivity contribution in [2.45, 2.75) is 13.3 Å². The lowest BCUT2D eigenvalue weighted by atomic mass is 9.92. The average molecular weight is 377 g/mol. The van der Waals surface area contributed by atoms with Crippen LogP contribution in [0, 0.1) is 18.3 Å². The van der Waals surface area contributed by atoms with Gasteiger partial charge in [-0.3, -0.25) is 9.78 Å². The van der Waals surface area contributed by atoms with Crippen LogP contribution in [0.3, 0.4) is 0 Å². The number of aryl methyl sites for hydroxylation is 1. The molecule has 4 heteroatoms. The normalized spacial score (nSPS) is 10.5. The number of fused-ring (bicyclic) bond motifs is 1. The zero-order valence-corrected chi connectivity index (χ0v) is 16.0. The number of rotatable bonds is 4. The Labute approximate surface area is 169 Å². The largest absolute Gasteiger partial charge is 0.326 e. The van der Waals surface area contributed by atoms with Gasteiger partial charge in [0.05, 0.1) is 23.6 Å². The van der Waals surface area contributed by atoms with Crippen molar-refractivity contribution in [1.82, 2.24) is 4.98 Å². The maximum atomic E-state index is 12.8. The van der Waals surface area contributed by atoms with Crippen LogP contribution < -0.4 is 5.32 Å². The summed E-state index contributed by atoms with van der Waals surface area (Å²) < 4.78 is 0. The third-order valence-electron chi connectivity index (χ3n) is 4.88. The van der Waals surface area contributed by atoms with Crippen molar-refractivity contribution in [3.63, 3.8) is 0 Å². The van der Waals surface area contributed by atoms with Gasteiger partial charge in [0.25, 0.3) is 0 Å². The molecule has 0 aliphatic rings. The highest BCUT2D eigenvalue weighted by Gasteiger charge is 2.17. The number of aromatic nitrogens is 1. The Hall–Kier alpha value is -3.97. The number of carbonyl (C=O) groups excluding carboxylic acids is 1. The molecule has 0 aliphatic carbocycles. The van der Waals surface area contributed by atoms with Gasteiger partial charge in [0.1, 0.15) is 0 Å². The smallest absolute Gasteiger partial charge is 0.228 e. The van der Waals surface area contributed by atoms with Gasteiger partial charge in [-0.25, -0.2) is 0 Å². The number of amides is 1. The Balaban J connectivity index is 1.76. The number of carbonyl (C=O) groups is 1. The Morgan fingerprint density at radius 1 is 1.00 bits per heavy atom. The zero-order chi connectivity index (χ0) is 20.2. The summed E-state index contributed by atoms with van der Waals surface area (Å²) >= 11 is 0. The fourth-order valence-corrected chi connectivity index (χ4v) is 3.56. The van der Waals surface area contributed by atoms with E-state index >= 15 is 0 Å². The van der Waals surface area contributed by atoms with Gasteiger partial charge in [-0.15, -0.1) is 0 Å². The predicted molar refractivity (Wildman–Crippen MR) is 115 cm³/mol. The van der Waals surface area contributed by atoms with Gasteiger partial charge in [-0.2, -0.15) is 5.26 Å². The topological polar surface area (TPSA) is 65.8 Å². The van der Waals surface area contributed by atoms with E-state index in [1.165, 1.54) is 0 Å². The number of para-hydroxylation sites is 1. The third-order valence-corrected chi connectivity index (χ3v) is 4.88. The lowest BCUT2D eigenvalue weighted by molar-refractivity contribution is -0.115. The van der Waals surface area contributed by atoms with Crippen molar-refractivity contribution in [3.8, 4) is 17.2 Å². The summed E-state index contributed by atoms with van der Waals surface area (Å²) in [4.78, 5) is 17.6. The molecule has 0 spiro atoms. The minimum absolute atomic E-state index is 0.141. The van der Waals surface area contributed by atoms with Crippen LogP contribution in [0.4, 0.5) is 5.69 Å². The summed E-state index contributed by atoms with van der Waals surface area (Å²) in [5.41, 5.74) is 5.87. The summed E-state index contributed by atoms with van der Waals surface area (Å²) in [7, 11) is 0. The van der Waals surface area contributed by atoms with Crippen LogP contribution in [0.1, 0.15) is 16.8 Å². The molecule has 0 unspecified atom stereocenters. The first-order valence-electron chi connectivity index (χ1n) is 9.39. The number of nitriles is 1. The van der Waals surface area contributed by atoms with Crippen molar-refractivity contribution < 1.29 is 4.79 Å². The van der Waals surface area contributed by atoms with E-state index in [4.69, 9.17) is 10.2 Å². The van der Waals surface area contributed by atoms with Crippen molar-refractivity contribution in [2.75, 3.05) is 5.32 Å². The van der Waals surface area contributed by atoms with Crippen molar-refractivity contribution in [1.29, 1.82) is 5.26 Å². The van der Waals surface area contributed by atoms with Crippen LogP contribution in [0.2, 0.25) is 0 Å². The molecule has 1 N–H and O–H groups in total. The number of anilines is 1. The van der Waals surface area contributed by atoms with E-state index in [0.717, 1.165) is 33.3 Å². The molecule has 0 aliphatic heterocycles. The van der Waals surface area contributed by atoms with E-state index in [0.29, 0.717) is 11.3 Å². The van der Waals surface area contributed by atoms with E-state index in [9.17, 15) is 4.79 Å². The number of nitrogens with zero attached hydrogens (tertiary/aromatic N) is 2. The van der Waals surface area contributed by atoms with E-state index in [1.54, 1.807) is 24.3 Å². The van der Waals surface area contributed by atoms with Crippen molar-refractivity contribution in [3.05, 3.63) is 95.7 Å². The minimum atomic E-state index is -0.141. The lowest BCUT2D eigenvalue weighted by Gasteiger charge is -2.16. The molecule has 1 aromatic heterocycles. The molecule has 1 amide bonds. The second-order valence-electron chi connectivity index (χ2n) is 6.85. The molecular formula is C25H19N3O. The van der Waals surface area contributed by atoms with E-state index in [-0.39, 0.29) is 12.3 Å². The summed E-state index contributed by atoms with van der Waals surface area (Å²) in [5, 5.41) is 13.0. The van der Waals surface area contributed by atoms with E-state index < -0.39 is 0 Å². The highest BCUT2D eigenvalue weighted by atomic mass is 16.1. The number of hydrogen-bond donors (Lipinski definition) is 1. The number of benzene rings is 3. The molecule has 29 heavy (non-hydrogen) atoms. The highest BCUT2D eigenvalue weighted by Crippen LogP contribution is 2.33. The molecular weight excluding hydrogens is 358 g/mol. The van der Waals surface area contributed by atoms with Crippen molar-refractivity contribution in [2.24, 2.45) is 0 Å². The summed E-state index contributed by atoms with van der Waals surface area (Å²) in [5.74, 6) is -0.141. The molecule has 0 saturated heterocycles. The quantitative estimate of drug-likeness (QED) is 0.527. The van der Waals surface area contributed by atoms with Crippen LogP contribution >= 0.6 is 0 Å². The van der Waals surface area contributed by atoms with Gasteiger partial charge >= 0.3 is 0 Å². The average Bonchev–Trinajstić information content (AvgIpc) is 2.75. The molecule has 140 valence electrons. The van der Waals surface area contributed by atoms with Gasteiger partial charge in [0.2, 0.25) is 5.91 Å². The minimum Gasteiger partial charge on any atom is -0.326 e. The maximum absolute atomic E-state index is 12.8. The van der Waals surface area contributed by atoms with Crippen LogP contribution in [-0.2, 0) is 11.2 Å². The van der Waals surface area contributed by atoms with Gasteiger partial charge in [-0.1, -0.05) is 54.6 Å². The Bertz CT molecular complexity index is 1240. The monoisotopic (exact) mass is 377 g/mol. The molecule has 4 nitrogen and oxygen atoms in total. The fraction of sp³-hybridized carbons (Fsp3) is 0.0800. The van der Waals surface area contributed by atoms with E-state index in [2.05, 4.69) is 23.5 Å². The third kappa shape index (κ3) is 3.85. The maximum Gasteiger partial charge on any atom is 0.228 e. The first kappa shape index (κ1) is 18.4. The van der Waals surface area contributed by atoms with Gasteiger partial charge < -0.3 is 5.32 Å². The highest BCUT2D eigenvalue weighted by molar-refractivity contribution is 6.00. The number of pyridine rings is 1. The molecule has 4 rings (SSSR count). The fourth-order valence-electron chi connectivity index (χ4n) is 3.56. The predicted octanol–water partition coefficient (Wildman–Crippen LogP) is 5.26. The molecule has 3 aromatic carbocycles. The summed E-state index contributed by atoms with van der Waals surface area (Å²) in [6.07, 6.45) is 0.199. The summed E-state index contributed by atoms with van der Waals surface area (Å²) in [6.45, 7) is 1.94. The Morgan fingerprint density at radius 2 is 1.76 bits per heavy atom. The molecule has 0 radical (unpaired) electrons. The SMILES string of the molecule is Cc1nc2ccccc2c(-c2ccccc2)c1CC(=O)Nc1cccc(C#N)c1. The zero-order valence-electron chi connectivity index (χ0n) is 16.0. The Kier molecular flexibility index (Phi) is 5.05. The van der Waals surface area contributed by atoms with Crippen LogP contribution in [0.15, 0.2) is 78.9 Å². The second kappa shape index (κ2) is 7.95. The molecule has 0 bridgehead atoms. The van der Waals surface area contributed by atoms with Crippen LogP contribution in [0.5, 0.6) is 0 Å². The van der Waals surface area contributed by atoms with Gasteiger partial charge in [0.15, 0.2) is 0 Å². The lowest BCUT2D eigenvalue weighted by Crippen LogP contribution is -2.16. The van der Waals surface area contributed by atoms with Crippen LogP contribution in [0.25, 0.3) is 22.0 Å². The Morgan fingerprint density at radius 3 is 2.55 bits per heavy atom. The number of nitrogens with one attached hydrogen (secondary N) is 1. The first-order valence-corrected chi connectivity index (χ1v) is 9.39. The molecule has 4 aromatic rings. The van der Waals surface area contributed by atoms with E-state index in [1.807, 2.05) is 49.4 Å².